The molecule has 0 unspecified atom stereocenters. The summed E-state index contributed by atoms with van der Waals surface area (Å²) in [5, 5.41) is 1.91. The van der Waals surface area contributed by atoms with E-state index in [0.717, 1.165) is 15.2 Å². The molecule has 0 aliphatic heterocycles. The number of thiophene rings is 1. The van der Waals surface area contributed by atoms with Gasteiger partial charge in [-0.2, -0.15) is 0 Å². The van der Waals surface area contributed by atoms with Crippen molar-refractivity contribution in [3.05, 3.63) is 39.0 Å². The van der Waals surface area contributed by atoms with Gasteiger partial charge in [0.2, 0.25) is 0 Å². The van der Waals surface area contributed by atoms with Gasteiger partial charge in [-0.15, -0.1) is 11.3 Å². The Morgan fingerprint density at radius 2 is 2.44 bits per heavy atom. The van der Waals surface area contributed by atoms with Crippen LogP contribution in [-0.4, -0.2) is 15.3 Å². The van der Waals surface area contributed by atoms with E-state index in [-0.39, 0.29) is 5.78 Å². The van der Waals surface area contributed by atoms with Gasteiger partial charge in [-0.25, -0.2) is 4.98 Å². The first-order valence-corrected chi connectivity index (χ1v) is 6.58. The molecule has 0 fully saturated rings. The summed E-state index contributed by atoms with van der Waals surface area (Å²) in [4.78, 5) is 16.9. The molecule has 16 heavy (non-hydrogen) atoms. The van der Waals surface area contributed by atoms with Crippen molar-refractivity contribution in [3.8, 4) is 0 Å². The van der Waals surface area contributed by atoms with E-state index in [1.807, 2.05) is 29.3 Å². The summed E-state index contributed by atoms with van der Waals surface area (Å²) in [6.07, 6.45) is 4.83. The molecular weight excluding hydrogens is 288 g/mol. The zero-order valence-corrected chi connectivity index (χ0v) is 11.2. The molecule has 0 aromatic carbocycles. The van der Waals surface area contributed by atoms with Crippen LogP contribution in [0.2, 0.25) is 0 Å². The van der Waals surface area contributed by atoms with Crippen LogP contribution in [0.25, 0.3) is 0 Å². The van der Waals surface area contributed by atoms with Crippen molar-refractivity contribution >= 4 is 33.0 Å². The fraction of sp³-hybridized carbons (Fsp3) is 0.273. The Kier molecular flexibility index (Phi) is 3.56. The van der Waals surface area contributed by atoms with Gasteiger partial charge in [0, 0.05) is 36.8 Å². The van der Waals surface area contributed by atoms with Crippen molar-refractivity contribution in [2.24, 2.45) is 7.05 Å². The Morgan fingerprint density at radius 3 is 3.00 bits per heavy atom. The van der Waals surface area contributed by atoms with Gasteiger partial charge in [0.25, 0.3) is 0 Å². The molecule has 2 heterocycles. The maximum Gasteiger partial charge on any atom is 0.174 e. The predicted molar refractivity (Wildman–Crippen MR) is 67.9 cm³/mol. The second kappa shape index (κ2) is 4.93. The molecule has 0 saturated carbocycles. The lowest BCUT2D eigenvalue weighted by Crippen LogP contribution is -2.03. The highest BCUT2D eigenvalue weighted by Crippen LogP contribution is 2.24. The first-order valence-electron chi connectivity index (χ1n) is 4.91. The van der Waals surface area contributed by atoms with Gasteiger partial charge in [-0.3, -0.25) is 4.79 Å². The zero-order chi connectivity index (χ0) is 11.5. The molecule has 0 radical (unpaired) electrons. The number of hydrogen-bond donors (Lipinski definition) is 0. The van der Waals surface area contributed by atoms with E-state index in [4.69, 9.17) is 0 Å². The Bertz CT molecular complexity index is 504. The number of halogens is 1. The summed E-state index contributed by atoms with van der Waals surface area (Å²) in [5.41, 5.74) is 0. The van der Waals surface area contributed by atoms with Gasteiger partial charge in [0.15, 0.2) is 5.78 Å². The molecule has 2 aromatic heterocycles. The van der Waals surface area contributed by atoms with Crippen LogP contribution in [-0.2, 0) is 13.5 Å². The number of hydrogen-bond acceptors (Lipinski definition) is 3. The molecule has 0 bridgehead atoms. The number of imidazole rings is 1. The van der Waals surface area contributed by atoms with E-state index in [1.54, 1.807) is 6.20 Å². The molecule has 0 aliphatic rings. The maximum absolute atomic E-state index is 11.9. The first-order chi connectivity index (χ1) is 7.68. The van der Waals surface area contributed by atoms with Crippen molar-refractivity contribution in [3.63, 3.8) is 0 Å². The molecule has 0 amide bonds. The fourth-order valence-electron chi connectivity index (χ4n) is 1.47. The second-order valence-corrected chi connectivity index (χ2v) is 5.25. The van der Waals surface area contributed by atoms with Crippen LogP contribution in [0.5, 0.6) is 0 Å². The topological polar surface area (TPSA) is 34.9 Å². The Balaban J connectivity index is 1.99. The smallest absolute Gasteiger partial charge is 0.174 e. The van der Waals surface area contributed by atoms with Crippen LogP contribution in [0.4, 0.5) is 0 Å². The van der Waals surface area contributed by atoms with Gasteiger partial charge < -0.3 is 4.57 Å². The number of aromatic nitrogens is 2. The molecule has 0 aliphatic carbocycles. The van der Waals surface area contributed by atoms with Gasteiger partial charge in [-0.05, 0) is 27.4 Å². The van der Waals surface area contributed by atoms with Crippen molar-refractivity contribution in [2.45, 2.75) is 12.8 Å². The molecule has 0 saturated heterocycles. The molecular formula is C11H11BrN2OS. The molecule has 2 aromatic rings. The van der Waals surface area contributed by atoms with Crippen LogP contribution in [0.1, 0.15) is 21.9 Å². The third-order valence-corrected chi connectivity index (χ3v) is 4.25. The molecule has 0 spiro atoms. The van der Waals surface area contributed by atoms with Crippen LogP contribution >= 0.6 is 27.3 Å². The van der Waals surface area contributed by atoms with E-state index in [9.17, 15) is 4.79 Å². The van der Waals surface area contributed by atoms with E-state index >= 15 is 0 Å². The maximum atomic E-state index is 11.9. The van der Waals surface area contributed by atoms with Crippen molar-refractivity contribution in [1.29, 1.82) is 0 Å². The fourth-order valence-corrected chi connectivity index (χ4v) is 3.03. The molecule has 5 heteroatoms. The summed E-state index contributed by atoms with van der Waals surface area (Å²) in [6, 6.07) is 1.90. The van der Waals surface area contributed by atoms with Gasteiger partial charge in [0.1, 0.15) is 5.82 Å². The van der Waals surface area contributed by atoms with Crippen molar-refractivity contribution < 1.29 is 4.79 Å². The molecule has 3 nitrogen and oxygen atoms in total. The minimum Gasteiger partial charge on any atom is -0.338 e. The Hall–Kier alpha value is -0.940. The number of Topliss-reactive ketones (excluding diaryl/α,β-unsaturated/α-hetero) is 1. The quantitative estimate of drug-likeness (QED) is 0.813. The first kappa shape index (κ1) is 11.5. The van der Waals surface area contributed by atoms with E-state index < -0.39 is 0 Å². The summed E-state index contributed by atoms with van der Waals surface area (Å²) >= 11 is 4.84. The normalized spacial score (nSPS) is 10.6. The summed E-state index contributed by atoms with van der Waals surface area (Å²) < 4.78 is 2.83. The molecule has 0 atom stereocenters. The summed E-state index contributed by atoms with van der Waals surface area (Å²) in [6.45, 7) is 0. The number of ketones is 1. The SMILES string of the molecule is Cn1ccnc1CCC(=O)c1sccc1Br. The van der Waals surface area contributed by atoms with Gasteiger partial charge >= 0.3 is 0 Å². The standard InChI is InChI=1S/C11H11BrN2OS/c1-14-6-5-13-10(14)3-2-9(15)11-8(12)4-7-16-11/h4-7H,2-3H2,1H3. The second-order valence-electron chi connectivity index (χ2n) is 3.48. The van der Waals surface area contributed by atoms with E-state index in [2.05, 4.69) is 20.9 Å². The van der Waals surface area contributed by atoms with E-state index in [1.165, 1.54) is 11.3 Å². The Labute approximate surface area is 106 Å². The average Bonchev–Trinajstić information content (AvgIpc) is 2.84. The Morgan fingerprint density at radius 1 is 1.62 bits per heavy atom. The lowest BCUT2D eigenvalue weighted by Gasteiger charge is -2.00. The molecule has 2 rings (SSSR count). The highest BCUT2D eigenvalue weighted by molar-refractivity contribution is 9.10. The molecule has 0 N–H and O–H groups in total. The summed E-state index contributed by atoms with van der Waals surface area (Å²) in [7, 11) is 1.94. The largest absolute Gasteiger partial charge is 0.338 e. The summed E-state index contributed by atoms with van der Waals surface area (Å²) in [5.74, 6) is 1.12. The number of nitrogens with zero attached hydrogens (tertiary/aromatic N) is 2. The zero-order valence-electron chi connectivity index (χ0n) is 8.81. The average molecular weight is 299 g/mol. The third-order valence-electron chi connectivity index (χ3n) is 2.37. The van der Waals surface area contributed by atoms with E-state index in [0.29, 0.717) is 12.8 Å². The van der Waals surface area contributed by atoms with Gasteiger partial charge in [-0.1, -0.05) is 0 Å². The van der Waals surface area contributed by atoms with Crippen LogP contribution in [0.3, 0.4) is 0 Å². The highest BCUT2D eigenvalue weighted by atomic mass is 79.9. The monoisotopic (exact) mass is 298 g/mol. The van der Waals surface area contributed by atoms with Crippen LogP contribution in [0, 0.1) is 0 Å². The number of rotatable bonds is 4. The predicted octanol–water partition coefficient (Wildman–Crippen LogP) is 3.06. The minimum atomic E-state index is 0.171. The van der Waals surface area contributed by atoms with Gasteiger partial charge in [0.05, 0.1) is 4.88 Å². The third kappa shape index (κ3) is 2.41. The van der Waals surface area contributed by atoms with Crippen LogP contribution in [0.15, 0.2) is 28.3 Å². The number of aryl methyl sites for hydroxylation is 2. The van der Waals surface area contributed by atoms with Crippen molar-refractivity contribution in [2.75, 3.05) is 0 Å². The highest BCUT2D eigenvalue weighted by Gasteiger charge is 2.12. The molecule has 84 valence electrons. The van der Waals surface area contributed by atoms with Crippen molar-refractivity contribution in [1.82, 2.24) is 9.55 Å². The lowest BCUT2D eigenvalue weighted by atomic mass is 10.2. The lowest BCUT2D eigenvalue weighted by molar-refractivity contribution is 0.0985. The number of carbonyl (C=O) groups is 1. The number of carbonyl (C=O) groups excluding carboxylic acids is 1. The minimum absolute atomic E-state index is 0.171. The van der Waals surface area contributed by atoms with Crippen LogP contribution < -0.4 is 0 Å².